The third-order valence-electron chi connectivity index (χ3n) is 3.18. The van der Waals surface area contributed by atoms with Crippen molar-refractivity contribution in [2.75, 3.05) is 13.1 Å². The van der Waals surface area contributed by atoms with Gasteiger partial charge in [0.2, 0.25) is 10.0 Å². The molecule has 1 aromatic rings. The average molecular weight is 288 g/mol. The molecule has 0 aliphatic carbocycles. The lowest BCUT2D eigenvalue weighted by Crippen LogP contribution is -2.41. The molecule has 18 heavy (non-hydrogen) atoms. The summed E-state index contributed by atoms with van der Waals surface area (Å²) in [6.07, 6.45) is 4.26. The van der Waals surface area contributed by atoms with Gasteiger partial charge in [0.15, 0.2) is 0 Å². The lowest BCUT2D eigenvalue weighted by molar-refractivity contribution is 0.316. The first-order valence-electron chi connectivity index (χ1n) is 5.69. The summed E-state index contributed by atoms with van der Waals surface area (Å²) in [6, 6.07) is 0. The first-order chi connectivity index (χ1) is 8.41. The standard InChI is InChI=1S/C10H16N4O2S2/c1-13-7-9(6-12-13)18(15,16)14-4-2-8(3-5-14)10(11)17/h6-8H,2-5H2,1H3,(H2,11,17). The maximum absolute atomic E-state index is 12.3. The van der Waals surface area contributed by atoms with Crippen LogP contribution in [-0.2, 0) is 17.1 Å². The van der Waals surface area contributed by atoms with Crippen LogP contribution in [0.5, 0.6) is 0 Å². The number of hydrogen-bond donors (Lipinski definition) is 1. The fourth-order valence-corrected chi connectivity index (χ4v) is 3.75. The molecule has 0 amide bonds. The van der Waals surface area contributed by atoms with Crippen molar-refractivity contribution in [1.29, 1.82) is 0 Å². The van der Waals surface area contributed by atoms with Gasteiger partial charge in [-0.2, -0.15) is 9.40 Å². The van der Waals surface area contributed by atoms with Crippen molar-refractivity contribution in [3.8, 4) is 0 Å². The molecule has 2 N–H and O–H groups in total. The van der Waals surface area contributed by atoms with Gasteiger partial charge in [-0.05, 0) is 12.8 Å². The molecule has 1 saturated heterocycles. The van der Waals surface area contributed by atoms with E-state index in [4.69, 9.17) is 18.0 Å². The fourth-order valence-electron chi connectivity index (χ4n) is 2.06. The smallest absolute Gasteiger partial charge is 0.246 e. The minimum Gasteiger partial charge on any atom is -0.393 e. The lowest BCUT2D eigenvalue weighted by Gasteiger charge is -2.30. The van der Waals surface area contributed by atoms with E-state index in [2.05, 4.69) is 5.10 Å². The molecule has 2 rings (SSSR count). The second-order valence-corrected chi connectivity index (χ2v) is 6.84. The van der Waals surface area contributed by atoms with E-state index in [0.29, 0.717) is 30.9 Å². The zero-order valence-corrected chi connectivity index (χ0v) is 11.7. The Morgan fingerprint density at radius 3 is 2.56 bits per heavy atom. The molecule has 2 heterocycles. The van der Waals surface area contributed by atoms with E-state index < -0.39 is 10.0 Å². The molecule has 0 bridgehead atoms. The third-order valence-corrected chi connectivity index (χ3v) is 5.36. The van der Waals surface area contributed by atoms with Crippen molar-refractivity contribution in [3.05, 3.63) is 12.4 Å². The van der Waals surface area contributed by atoms with Crippen LogP contribution in [0.3, 0.4) is 0 Å². The number of aromatic nitrogens is 2. The van der Waals surface area contributed by atoms with E-state index in [-0.39, 0.29) is 10.8 Å². The summed E-state index contributed by atoms with van der Waals surface area (Å²) in [5, 5.41) is 3.89. The molecule has 0 radical (unpaired) electrons. The Morgan fingerprint density at radius 2 is 2.11 bits per heavy atom. The topological polar surface area (TPSA) is 81.2 Å². The SMILES string of the molecule is Cn1cc(S(=O)(=O)N2CCC(C(N)=S)CC2)cn1. The predicted octanol–water partition coefficient (Wildman–Crippen LogP) is 0.107. The van der Waals surface area contributed by atoms with Crippen molar-refractivity contribution >= 4 is 27.2 Å². The number of rotatable bonds is 3. The zero-order valence-electron chi connectivity index (χ0n) is 10.1. The second-order valence-electron chi connectivity index (χ2n) is 4.43. The molecular weight excluding hydrogens is 272 g/mol. The van der Waals surface area contributed by atoms with Gasteiger partial charge in [-0.25, -0.2) is 8.42 Å². The van der Waals surface area contributed by atoms with E-state index in [9.17, 15) is 8.42 Å². The highest BCUT2D eigenvalue weighted by molar-refractivity contribution is 7.89. The predicted molar refractivity (Wildman–Crippen MR) is 71.5 cm³/mol. The van der Waals surface area contributed by atoms with Gasteiger partial charge in [0, 0.05) is 32.3 Å². The van der Waals surface area contributed by atoms with Crippen LogP contribution in [0.2, 0.25) is 0 Å². The monoisotopic (exact) mass is 288 g/mol. The Balaban J connectivity index is 2.12. The number of thiocarbonyl (C=S) groups is 1. The third kappa shape index (κ3) is 2.55. The first kappa shape index (κ1) is 13.4. The van der Waals surface area contributed by atoms with Crippen LogP contribution in [-0.4, -0.2) is 40.6 Å². The summed E-state index contributed by atoms with van der Waals surface area (Å²) in [6.45, 7) is 0.915. The largest absolute Gasteiger partial charge is 0.393 e. The van der Waals surface area contributed by atoms with E-state index in [0.717, 1.165) is 0 Å². The van der Waals surface area contributed by atoms with E-state index in [1.807, 2.05) is 0 Å². The molecule has 6 nitrogen and oxygen atoms in total. The Bertz CT molecular complexity index is 544. The Kier molecular flexibility index (Phi) is 3.69. The van der Waals surface area contributed by atoms with Gasteiger partial charge >= 0.3 is 0 Å². The molecule has 0 saturated carbocycles. The van der Waals surface area contributed by atoms with Crippen LogP contribution < -0.4 is 5.73 Å². The average Bonchev–Trinajstić information content (AvgIpc) is 2.76. The van der Waals surface area contributed by atoms with Crippen molar-refractivity contribution in [3.63, 3.8) is 0 Å². The molecule has 1 fully saturated rings. The molecular formula is C10H16N4O2S2. The van der Waals surface area contributed by atoms with Crippen LogP contribution in [0, 0.1) is 5.92 Å². The molecule has 1 aliphatic rings. The summed E-state index contributed by atoms with van der Waals surface area (Å²) in [4.78, 5) is 0.715. The number of hydrogen-bond acceptors (Lipinski definition) is 4. The van der Waals surface area contributed by atoms with Gasteiger partial charge in [0.05, 0.1) is 11.2 Å². The lowest BCUT2D eigenvalue weighted by atomic mass is 9.98. The first-order valence-corrected chi connectivity index (χ1v) is 7.54. The van der Waals surface area contributed by atoms with Crippen LogP contribution in [0.4, 0.5) is 0 Å². The van der Waals surface area contributed by atoms with E-state index in [1.165, 1.54) is 21.4 Å². The molecule has 0 unspecified atom stereocenters. The van der Waals surface area contributed by atoms with Crippen LogP contribution in [0.15, 0.2) is 17.3 Å². The molecule has 0 atom stereocenters. The highest BCUT2D eigenvalue weighted by atomic mass is 32.2. The van der Waals surface area contributed by atoms with Gasteiger partial charge in [-0.3, -0.25) is 4.68 Å². The normalized spacial score (nSPS) is 18.9. The van der Waals surface area contributed by atoms with Gasteiger partial charge in [0.25, 0.3) is 0 Å². The quantitative estimate of drug-likeness (QED) is 0.798. The number of piperidine rings is 1. The summed E-state index contributed by atoms with van der Waals surface area (Å²) < 4.78 is 27.5. The van der Waals surface area contributed by atoms with Gasteiger partial charge in [0.1, 0.15) is 4.90 Å². The summed E-state index contributed by atoms with van der Waals surface area (Å²) in [5.74, 6) is 0.153. The minimum atomic E-state index is -3.42. The summed E-state index contributed by atoms with van der Waals surface area (Å²) in [5.41, 5.74) is 5.59. The number of nitrogens with two attached hydrogens (primary N) is 1. The van der Waals surface area contributed by atoms with Gasteiger partial charge < -0.3 is 5.73 Å². The molecule has 8 heteroatoms. The maximum Gasteiger partial charge on any atom is 0.246 e. The van der Waals surface area contributed by atoms with Crippen molar-refractivity contribution < 1.29 is 8.42 Å². The highest BCUT2D eigenvalue weighted by Crippen LogP contribution is 2.23. The Labute approximate surface area is 112 Å². The van der Waals surface area contributed by atoms with Crippen molar-refractivity contribution in [1.82, 2.24) is 14.1 Å². The molecule has 1 aliphatic heterocycles. The van der Waals surface area contributed by atoms with Crippen molar-refractivity contribution in [2.24, 2.45) is 18.7 Å². The van der Waals surface area contributed by atoms with Crippen LogP contribution in [0.1, 0.15) is 12.8 Å². The summed E-state index contributed by atoms with van der Waals surface area (Å²) in [7, 11) is -1.73. The molecule has 100 valence electrons. The molecule has 0 spiro atoms. The van der Waals surface area contributed by atoms with Crippen molar-refractivity contribution in [2.45, 2.75) is 17.7 Å². The minimum absolute atomic E-state index is 0.153. The zero-order chi connectivity index (χ0) is 13.3. The van der Waals surface area contributed by atoms with E-state index in [1.54, 1.807) is 7.05 Å². The highest BCUT2D eigenvalue weighted by Gasteiger charge is 2.30. The Morgan fingerprint density at radius 1 is 1.50 bits per heavy atom. The van der Waals surface area contributed by atoms with Gasteiger partial charge in [-0.15, -0.1) is 0 Å². The number of nitrogens with zero attached hydrogens (tertiary/aromatic N) is 3. The van der Waals surface area contributed by atoms with Crippen LogP contribution in [0.25, 0.3) is 0 Å². The fraction of sp³-hybridized carbons (Fsp3) is 0.600. The molecule has 1 aromatic heterocycles. The second kappa shape index (κ2) is 4.94. The number of sulfonamides is 1. The van der Waals surface area contributed by atoms with E-state index >= 15 is 0 Å². The summed E-state index contributed by atoms with van der Waals surface area (Å²) >= 11 is 4.94. The van der Waals surface area contributed by atoms with Crippen LogP contribution >= 0.6 is 12.2 Å². The number of aryl methyl sites for hydroxylation is 1. The van der Waals surface area contributed by atoms with Gasteiger partial charge in [-0.1, -0.05) is 12.2 Å². The Hall–Kier alpha value is -0.990. The molecule has 0 aromatic carbocycles. The maximum atomic E-state index is 12.3.